The van der Waals surface area contributed by atoms with E-state index in [1.165, 1.54) is 36.8 Å². The molecule has 1 aliphatic carbocycles. The number of ether oxygens (including phenoxy) is 2. The van der Waals surface area contributed by atoms with Crippen LogP contribution in [0, 0.1) is 0 Å². The number of fused-ring (bicyclic) bond motifs is 1. The maximum Gasteiger partial charge on any atom is 0.387 e. The van der Waals surface area contributed by atoms with E-state index in [1.807, 2.05) is 18.2 Å². The summed E-state index contributed by atoms with van der Waals surface area (Å²) in [4.78, 5) is 24.7. The van der Waals surface area contributed by atoms with Gasteiger partial charge in [-0.15, -0.1) is 0 Å². The van der Waals surface area contributed by atoms with E-state index in [2.05, 4.69) is 16.1 Å². The smallest absolute Gasteiger partial charge is 0.387 e. The maximum atomic E-state index is 12.5. The van der Waals surface area contributed by atoms with Gasteiger partial charge in [-0.3, -0.25) is 4.79 Å². The van der Waals surface area contributed by atoms with Crippen molar-refractivity contribution in [1.29, 1.82) is 0 Å². The summed E-state index contributed by atoms with van der Waals surface area (Å²) < 4.78 is 33.8. The normalized spacial score (nSPS) is 16.8. The molecule has 0 saturated heterocycles. The molecule has 2 atom stereocenters. The molecule has 0 bridgehead atoms. The summed E-state index contributed by atoms with van der Waals surface area (Å²) >= 11 is 0. The molecule has 0 aromatic heterocycles. The molecule has 2 aromatic carbocycles. The van der Waals surface area contributed by atoms with Gasteiger partial charge in [0.1, 0.15) is 5.75 Å². The summed E-state index contributed by atoms with van der Waals surface area (Å²) in [5.74, 6) is -1.16. The fourth-order valence-corrected chi connectivity index (χ4v) is 3.25. The molecule has 1 aliphatic rings. The van der Waals surface area contributed by atoms with Crippen LogP contribution < -0.4 is 10.1 Å². The first kappa shape index (κ1) is 19.8. The number of hydrogen-bond acceptors (Lipinski definition) is 4. The van der Waals surface area contributed by atoms with E-state index < -0.39 is 18.7 Å². The Bertz CT molecular complexity index is 839. The van der Waals surface area contributed by atoms with Gasteiger partial charge >= 0.3 is 12.6 Å². The summed E-state index contributed by atoms with van der Waals surface area (Å²) in [6, 6.07) is 13.0. The average molecular weight is 389 g/mol. The summed E-state index contributed by atoms with van der Waals surface area (Å²) in [5.41, 5.74) is 2.45. The molecule has 1 N–H and O–H groups in total. The third-order valence-corrected chi connectivity index (χ3v) is 4.65. The Hall–Kier alpha value is -2.96. The molecule has 28 heavy (non-hydrogen) atoms. The van der Waals surface area contributed by atoms with Crippen molar-refractivity contribution in [3.8, 4) is 5.75 Å². The van der Waals surface area contributed by atoms with Gasteiger partial charge in [0, 0.05) is 0 Å². The average Bonchev–Trinajstić information content (AvgIpc) is 2.68. The van der Waals surface area contributed by atoms with Gasteiger partial charge in [-0.25, -0.2) is 4.79 Å². The first-order valence-electron chi connectivity index (χ1n) is 9.08. The number of carbonyl (C=O) groups is 2. The minimum absolute atomic E-state index is 0.0618. The van der Waals surface area contributed by atoms with Crippen molar-refractivity contribution in [3.63, 3.8) is 0 Å². The second-order valence-electron chi connectivity index (χ2n) is 6.60. The topological polar surface area (TPSA) is 64.6 Å². The minimum atomic E-state index is -2.94. The number of nitrogens with one attached hydrogen (secondary N) is 1. The third-order valence-electron chi connectivity index (χ3n) is 4.65. The number of aryl methyl sites for hydroxylation is 1. The van der Waals surface area contributed by atoms with Crippen molar-refractivity contribution in [2.45, 2.75) is 44.9 Å². The molecule has 3 rings (SSSR count). The largest absolute Gasteiger partial charge is 0.449 e. The molecule has 2 aromatic rings. The van der Waals surface area contributed by atoms with Gasteiger partial charge < -0.3 is 14.8 Å². The molecule has 0 aliphatic heterocycles. The standard InChI is InChI=1S/C21H21F2NO4/c1-13(27-20(26)15-9-11-16(12-10-15)28-21(22)23)19(25)24-18-8-4-6-14-5-2-3-7-17(14)18/h2-3,5,7,9-13,18,21H,4,6,8H2,1H3,(H,24,25)/t13-,18+/m0/s1. The van der Waals surface area contributed by atoms with E-state index in [0.717, 1.165) is 24.8 Å². The van der Waals surface area contributed by atoms with Crippen LogP contribution in [-0.4, -0.2) is 24.6 Å². The highest BCUT2D eigenvalue weighted by molar-refractivity contribution is 5.92. The zero-order valence-electron chi connectivity index (χ0n) is 15.4. The highest BCUT2D eigenvalue weighted by atomic mass is 19.3. The minimum Gasteiger partial charge on any atom is -0.449 e. The van der Waals surface area contributed by atoms with E-state index >= 15 is 0 Å². The molecule has 5 nitrogen and oxygen atoms in total. The van der Waals surface area contributed by atoms with Gasteiger partial charge in [0.25, 0.3) is 5.91 Å². The Morgan fingerprint density at radius 1 is 1.11 bits per heavy atom. The molecule has 1 amide bonds. The fourth-order valence-electron chi connectivity index (χ4n) is 3.25. The number of carbonyl (C=O) groups excluding carboxylic acids is 2. The van der Waals surface area contributed by atoms with Crippen molar-refractivity contribution in [1.82, 2.24) is 5.32 Å². The molecular weight excluding hydrogens is 368 g/mol. The van der Waals surface area contributed by atoms with Crippen LogP contribution in [0.5, 0.6) is 5.75 Å². The van der Waals surface area contributed by atoms with E-state index in [0.29, 0.717) is 0 Å². The summed E-state index contributed by atoms with van der Waals surface area (Å²) in [6.07, 6.45) is 1.80. The van der Waals surface area contributed by atoms with E-state index in [4.69, 9.17) is 4.74 Å². The predicted octanol–water partition coefficient (Wildman–Crippen LogP) is 4.03. The van der Waals surface area contributed by atoms with Gasteiger partial charge in [0.05, 0.1) is 11.6 Å². The Morgan fingerprint density at radius 2 is 1.82 bits per heavy atom. The van der Waals surface area contributed by atoms with Crippen LogP contribution in [0.2, 0.25) is 0 Å². The molecule has 0 heterocycles. The quantitative estimate of drug-likeness (QED) is 0.758. The van der Waals surface area contributed by atoms with Crippen molar-refractivity contribution in [3.05, 3.63) is 65.2 Å². The Balaban J connectivity index is 1.58. The maximum absolute atomic E-state index is 12.5. The number of halogens is 2. The lowest BCUT2D eigenvalue weighted by Gasteiger charge is -2.27. The lowest BCUT2D eigenvalue weighted by molar-refractivity contribution is -0.130. The molecule has 0 spiro atoms. The summed E-state index contributed by atoms with van der Waals surface area (Å²) in [5, 5.41) is 2.94. The number of hydrogen-bond donors (Lipinski definition) is 1. The van der Waals surface area contributed by atoms with Crippen LogP contribution in [0.15, 0.2) is 48.5 Å². The second-order valence-corrected chi connectivity index (χ2v) is 6.60. The number of amides is 1. The zero-order valence-corrected chi connectivity index (χ0v) is 15.4. The second kappa shape index (κ2) is 8.82. The van der Waals surface area contributed by atoms with Crippen molar-refractivity contribution >= 4 is 11.9 Å². The van der Waals surface area contributed by atoms with Gasteiger partial charge in [-0.1, -0.05) is 24.3 Å². The number of rotatable bonds is 6. The van der Waals surface area contributed by atoms with E-state index in [1.54, 1.807) is 0 Å². The first-order chi connectivity index (χ1) is 13.4. The van der Waals surface area contributed by atoms with Crippen molar-refractivity contribution in [2.24, 2.45) is 0 Å². The van der Waals surface area contributed by atoms with Gasteiger partial charge in [0.15, 0.2) is 6.10 Å². The van der Waals surface area contributed by atoms with Crippen molar-refractivity contribution in [2.75, 3.05) is 0 Å². The number of alkyl halides is 2. The SMILES string of the molecule is C[C@H](OC(=O)c1ccc(OC(F)F)cc1)C(=O)N[C@@H]1CCCc2ccccc21. The fraction of sp³-hybridized carbons (Fsp3) is 0.333. The first-order valence-corrected chi connectivity index (χ1v) is 9.08. The summed E-state index contributed by atoms with van der Waals surface area (Å²) in [6.45, 7) is -1.44. The lowest BCUT2D eigenvalue weighted by atomic mass is 9.87. The van der Waals surface area contributed by atoms with Crippen LogP contribution in [0.1, 0.15) is 47.3 Å². The molecule has 0 unspecified atom stereocenters. The molecule has 0 radical (unpaired) electrons. The van der Waals surface area contributed by atoms with Crippen LogP contribution in [-0.2, 0) is 16.0 Å². The Kier molecular flexibility index (Phi) is 6.23. The van der Waals surface area contributed by atoms with E-state index in [-0.39, 0.29) is 23.3 Å². The Labute approximate surface area is 161 Å². The predicted molar refractivity (Wildman–Crippen MR) is 98.2 cm³/mol. The molecule has 7 heteroatoms. The van der Waals surface area contributed by atoms with Crippen LogP contribution in [0.25, 0.3) is 0 Å². The number of benzene rings is 2. The van der Waals surface area contributed by atoms with Gasteiger partial charge in [-0.05, 0) is 61.6 Å². The van der Waals surface area contributed by atoms with Crippen molar-refractivity contribution < 1.29 is 27.8 Å². The van der Waals surface area contributed by atoms with Crippen LogP contribution in [0.3, 0.4) is 0 Å². The van der Waals surface area contributed by atoms with Gasteiger partial charge in [-0.2, -0.15) is 8.78 Å². The zero-order chi connectivity index (χ0) is 20.1. The molecule has 148 valence electrons. The Morgan fingerprint density at radius 3 is 2.54 bits per heavy atom. The van der Waals surface area contributed by atoms with Gasteiger partial charge in [0.2, 0.25) is 0 Å². The monoisotopic (exact) mass is 389 g/mol. The summed E-state index contributed by atoms with van der Waals surface area (Å²) in [7, 11) is 0. The highest BCUT2D eigenvalue weighted by Gasteiger charge is 2.25. The van der Waals surface area contributed by atoms with Crippen LogP contribution >= 0.6 is 0 Å². The highest BCUT2D eigenvalue weighted by Crippen LogP contribution is 2.29. The molecule has 0 fully saturated rings. The third kappa shape index (κ3) is 4.85. The van der Waals surface area contributed by atoms with Crippen LogP contribution in [0.4, 0.5) is 8.78 Å². The van der Waals surface area contributed by atoms with E-state index in [9.17, 15) is 18.4 Å². The molecular formula is C21H21F2NO4. The lowest BCUT2D eigenvalue weighted by Crippen LogP contribution is -2.39. The molecule has 0 saturated carbocycles. The number of esters is 1.